The van der Waals surface area contributed by atoms with Crippen molar-refractivity contribution >= 4 is 52.2 Å². The van der Waals surface area contributed by atoms with Crippen LogP contribution in [0.2, 0.25) is 0 Å². The Morgan fingerprint density at radius 2 is 1.96 bits per heavy atom. The number of amides is 2. The number of hydrogen-bond donors (Lipinski definition) is 2. The number of unbranched alkanes of at least 4 members (excludes halogenated alkanes) is 2. The van der Waals surface area contributed by atoms with Crippen LogP contribution in [-0.4, -0.2) is 45.2 Å². The number of thiocarbonyl (C=S) groups is 1. The van der Waals surface area contributed by atoms with Crippen molar-refractivity contribution in [2.45, 2.75) is 32.1 Å². The first kappa shape index (κ1) is 22.0. The smallest absolute Gasteiger partial charge is 0.305 e. The van der Waals surface area contributed by atoms with E-state index in [1.165, 1.54) is 17.0 Å². The summed E-state index contributed by atoms with van der Waals surface area (Å²) in [4.78, 5) is 36.3. The Morgan fingerprint density at radius 3 is 2.68 bits per heavy atom. The first-order valence-electron chi connectivity index (χ1n) is 8.87. The van der Waals surface area contributed by atoms with E-state index in [-0.39, 0.29) is 24.8 Å². The number of carboxylic acid groups (broad SMARTS) is 1. The standard InChI is InChI=1S/C19H21FN2O4S2/c20-14-7-4-3-6-13(14)12-15-18(26)22(19(27)28-15)11-5-1-2-8-16(23)21-10-9-17(24)25/h3-4,6-7,12H,1-2,5,8-11H2,(H,21,23)(H,24,25)/b15-12-. The number of carbonyl (C=O) groups is 3. The maximum absolute atomic E-state index is 13.8. The Morgan fingerprint density at radius 1 is 1.21 bits per heavy atom. The predicted octanol–water partition coefficient (Wildman–Crippen LogP) is 3.18. The molecule has 1 saturated heterocycles. The van der Waals surface area contributed by atoms with Gasteiger partial charge in [0.25, 0.3) is 5.91 Å². The second kappa shape index (κ2) is 10.9. The van der Waals surface area contributed by atoms with E-state index < -0.39 is 11.8 Å². The van der Waals surface area contributed by atoms with Gasteiger partial charge in [-0.2, -0.15) is 0 Å². The summed E-state index contributed by atoms with van der Waals surface area (Å²) in [5.41, 5.74) is 0.344. The lowest BCUT2D eigenvalue weighted by Gasteiger charge is -2.14. The van der Waals surface area contributed by atoms with Gasteiger partial charge in [0.2, 0.25) is 5.91 Å². The van der Waals surface area contributed by atoms with E-state index in [0.29, 0.717) is 40.6 Å². The van der Waals surface area contributed by atoms with Crippen LogP contribution in [0.4, 0.5) is 4.39 Å². The van der Waals surface area contributed by atoms with Crippen molar-refractivity contribution in [2.75, 3.05) is 13.1 Å². The predicted molar refractivity (Wildman–Crippen MR) is 110 cm³/mol. The van der Waals surface area contributed by atoms with Crippen molar-refractivity contribution in [1.82, 2.24) is 10.2 Å². The van der Waals surface area contributed by atoms with Gasteiger partial charge in [-0.25, -0.2) is 4.39 Å². The van der Waals surface area contributed by atoms with Gasteiger partial charge >= 0.3 is 5.97 Å². The zero-order valence-corrected chi connectivity index (χ0v) is 16.8. The van der Waals surface area contributed by atoms with Crippen LogP contribution in [-0.2, 0) is 14.4 Å². The minimum absolute atomic E-state index is 0.0966. The lowest BCUT2D eigenvalue weighted by Crippen LogP contribution is -2.29. The number of nitrogens with one attached hydrogen (secondary N) is 1. The number of benzene rings is 1. The monoisotopic (exact) mass is 424 g/mol. The maximum atomic E-state index is 13.8. The van der Waals surface area contributed by atoms with Gasteiger partial charge in [0.15, 0.2) is 0 Å². The molecular formula is C19H21FN2O4S2. The lowest BCUT2D eigenvalue weighted by molar-refractivity contribution is -0.137. The molecule has 0 atom stereocenters. The van der Waals surface area contributed by atoms with E-state index in [1.807, 2.05) is 0 Å². The SMILES string of the molecule is O=C(O)CCNC(=O)CCCCCN1C(=O)/C(=C/c2ccccc2F)SC1=S. The molecular weight excluding hydrogens is 403 g/mol. The fourth-order valence-corrected chi connectivity index (χ4v) is 3.86. The summed E-state index contributed by atoms with van der Waals surface area (Å²) in [5.74, 6) is -1.76. The van der Waals surface area contributed by atoms with E-state index in [1.54, 1.807) is 18.2 Å². The Bertz CT molecular complexity index is 798. The van der Waals surface area contributed by atoms with Crippen LogP contribution in [0.15, 0.2) is 29.2 Å². The largest absolute Gasteiger partial charge is 0.481 e. The van der Waals surface area contributed by atoms with Crippen molar-refractivity contribution in [3.63, 3.8) is 0 Å². The van der Waals surface area contributed by atoms with Gasteiger partial charge in [0.1, 0.15) is 10.1 Å². The highest BCUT2D eigenvalue weighted by Crippen LogP contribution is 2.33. The summed E-state index contributed by atoms with van der Waals surface area (Å²) in [5, 5.41) is 11.1. The number of hydrogen-bond acceptors (Lipinski definition) is 5. The van der Waals surface area contributed by atoms with Crippen LogP contribution in [0.5, 0.6) is 0 Å². The summed E-state index contributed by atoms with van der Waals surface area (Å²) in [7, 11) is 0. The molecule has 9 heteroatoms. The van der Waals surface area contributed by atoms with Crippen LogP contribution in [0.25, 0.3) is 6.08 Å². The minimum atomic E-state index is -0.951. The number of rotatable bonds is 10. The third kappa shape index (κ3) is 6.72. The zero-order valence-electron chi connectivity index (χ0n) is 15.2. The van der Waals surface area contributed by atoms with E-state index in [2.05, 4.69) is 5.32 Å². The second-order valence-corrected chi connectivity index (χ2v) is 7.83. The Hall–Kier alpha value is -2.26. The maximum Gasteiger partial charge on any atom is 0.305 e. The number of carbonyl (C=O) groups excluding carboxylic acids is 2. The normalized spacial score (nSPS) is 15.3. The van der Waals surface area contributed by atoms with Gasteiger partial charge in [0.05, 0.1) is 11.3 Å². The van der Waals surface area contributed by atoms with Crippen molar-refractivity contribution in [2.24, 2.45) is 0 Å². The molecule has 2 N–H and O–H groups in total. The van der Waals surface area contributed by atoms with Crippen LogP contribution < -0.4 is 5.32 Å². The second-order valence-electron chi connectivity index (χ2n) is 6.16. The van der Waals surface area contributed by atoms with Gasteiger partial charge in [-0.15, -0.1) is 0 Å². The van der Waals surface area contributed by atoms with E-state index in [9.17, 15) is 18.8 Å². The molecule has 0 radical (unpaired) electrons. The molecule has 0 aromatic heterocycles. The van der Waals surface area contributed by atoms with Gasteiger partial charge in [0, 0.05) is 25.1 Å². The van der Waals surface area contributed by atoms with Crippen LogP contribution in [0.3, 0.4) is 0 Å². The highest BCUT2D eigenvalue weighted by molar-refractivity contribution is 8.26. The van der Waals surface area contributed by atoms with Gasteiger partial charge in [-0.1, -0.05) is 48.6 Å². The average Bonchev–Trinajstić information content (AvgIpc) is 2.90. The Balaban J connectivity index is 1.74. The van der Waals surface area contributed by atoms with Crippen molar-refractivity contribution in [3.8, 4) is 0 Å². The summed E-state index contributed by atoms with van der Waals surface area (Å²) >= 11 is 6.41. The van der Waals surface area contributed by atoms with E-state index in [4.69, 9.17) is 17.3 Å². The summed E-state index contributed by atoms with van der Waals surface area (Å²) in [6.07, 6.45) is 3.78. The molecule has 0 unspecified atom stereocenters. The molecule has 1 aliphatic rings. The lowest BCUT2D eigenvalue weighted by atomic mass is 10.1. The number of thioether (sulfide) groups is 1. The quantitative estimate of drug-likeness (QED) is 0.341. The fraction of sp³-hybridized carbons (Fsp3) is 0.368. The third-order valence-corrected chi connectivity index (χ3v) is 5.39. The number of halogens is 1. The van der Waals surface area contributed by atoms with Crippen LogP contribution >= 0.6 is 24.0 Å². The first-order chi connectivity index (χ1) is 13.4. The van der Waals surface area contributed by atoms with Crippen LogP contribution in [0, 0.1) is 5.82 Å². The van der Waals surface area contributed by atoms with Gasteiger partial charge in [-0.05, 0) is 25.0 Å². The van der Waals surface area contributed by atoms with Crippen molar-refractivity contribution < 1.29 is 23.9 Å². The number of carboxylic acids is 1. The molecule has 1 aromatic carbocycles. The molecule has 2 amide bonds. The highest BCUT2D eigenvalue weighted by atomic mass is 32.2. The Labute approximate surface area is 172 Å². The molecule has 0 aliphatic carbocycles. The molecule has 1 aromatic rings. The molecule has 28 heavy (non-hydrogen) atoms. The molecule has 0 bridgehead atoms. The summed E-state index contributed by atoms with van der Waals surface area (Å²) in [6.45, 7) is 0.568. The summed E-state index contributed by atoms with van der Waals surface area (Å²) in [6, 6.07) is 6.23. The third-order valence-electron chi connectivity index (χ3n) is 4.01. The Kier molecular flexibility index (Phi) is 8.59. The first-order valence-corrected chi connectivity index (χ1v) is 10.1. The summed E-state index contributed by atoms with van der Waals surface area (Å²) < 4.78 is 14.2. The number of nitrogens with zero attached hydrogens (tertiary/aromatic N) is 1. The molecule has 2 rings (SSSR count). The van der Waals surface area contributed by atoms with Crippen LogP contribution in [0.1, 0.15) is 37.7 Å². The van der Waals surface area contributed by atoms with E-state index in [0.717, 1.165) is 18.2 Å². The van der Waals surface area contributed by atoms with Gasteiger partial charge in [-0.3, -0.25) is 19.3 Å². The molecule has 1 heterocycles. The molecule has 6 nitrogen and oxygen atoms in total. The highest BCUT2D eigenvalue weighted by Gasteiger charge is 2.31. The van der Waals surface area contributed by atoms with E-state index >= 15 is 0 Å². The molecule has 0 spiro atoms. The topological polar surface area (TPSA) is 86.7 Å². The average molecular weight is 425 g/mol. The zero-order chi connectivity index (χ0) is 20.5. The molecule has 1 fully saturated rings. The fourth-order valence-electron chi connectivity index (χ4n) is 2.56. The van der Waals surface area contributed by atoms with Crippen molar-refractivity contribution in [3.05, 3.63) is 40.6 Å². The minimum Gasteiger partial charge on any atom is -0.481 e. The molecule has 0 saturated carbocycles. The molecule has 150 valence electrons. The number of aliphatic carboxylic acids is 1. The molecule has 1 aliphatic heterocycles. The van der Waals surface area contributed by atoms with Gasteiger partial charge < -0.3 is 10.4 Å². The van der Waals surface area contributed by atoms with Crippen molar-refractivity contribution in [1.29, 1.82) is 0 Å².